The Balaban J connectivity index is 1.23. The molecule has 12 heteroatoms. The highest BCUT2D eigenvalue weighted by Crippen LogP contribution is 2.39. The van der Waals surface area contributed by atoms with Crippen LogP contribution in [0.4, 0.5) is 19.0 Å². The van der Waals surface area contributed by atoms with Crippen molar-refractivity contribution in [1.29, 1.82) is 0 Å². The molecule has 1 unspecified atom stereocenters. The first-order valence-electron chi connectivity index (χ1n) is 12.7. The molecular formula is C27H27F3N7O2+. The number of hydrogen-bond acceptors (Lipinski definition) is 7. The van der Waals surface area contributed by atoms with E-state index in [0.717, 1.165) is 74.4 Å². The fourth-order valence-electron chi connectivity index (χ4n) is 5.53. The highest BCUT2D eigenvalue weighted by atomic mass is 19.4. The van der Waals surface area contributed by atoms with E-state index in [1.165, 1.54) is 0 Å². The smallest absolute Gasteiger partial charge is 0.378 e. The van der Waals surface area contributed by atoms with E-state index in [1.54, 1.807) is 42.9 Å². The predicted octanol–water partition coefficient (Wildman–Crippen LogP) is 3.68. The van der Waals surface area contributed by atoms with E-state index < -0.39 is 17.6 Å². The minimum Gasteiger partial charge on any atom is -0.378 e. The summed E-state index contributed by atoms with van der Waals surface area (Å²) in [5, 5.41) is 2.43. The number of morpholine rings is 1. The molecular weight excluding hydrogens is 511 g/mol. The Morgan fingerprint density at radius 1 is 1.18 bits per heavy atom. The number of ether oxygens (including phenoxy) is 1. The van der Waals surface area contributed by atoms with Gasteiger partial charge in [0.2, 0.25) is 5.70 Å². The van der Waals surface area contributed by atoms with Crippen LogP contribution in [0.15, 0.2) is 76.4 Å². The molecule has 0 aliphatic carbocycles. The van der Waals surface area contributed by atoms with Gasteiger partial charge in [0.05, 0.1) is 36.8 Å². The van der Waals surface area contributed by atoms with Gasteiger partial charge in [-0.25, -0.2) is 4.98 Å². The number of anilines is 1. The Kier molecular flexibility index (Phi) is 6.42. The maximum atomic E-state index is 13.0. The molecule has 5 heterocycles. The van der Waals surface area contributed by atoms with E-state index in [0.29, 0.717) is 11.9 Å². The van der Waals surface area contributed by atoms with E-state index in [-0.39, 0.29) is 21.9 Å². The average molecular weight is 539 g/mol. The Hall–Kier alpha value is -3.71. The van der Waals surface area contributed by atoms with Gasteiger partial charge >= 0.3 is 6.18 Å². The quantitative estimate of drug-likeness (QED) is 0.457. The van der Waals surface area contributed by atoms with Crippen molar-refractivity contribution in [3.05, 3.63) is 83.1 Å². The van der Waals surface area contributed by atoms with E-state index in [4.69, 9.17) is 15.6 Å². The molecule has 1 amide bonds. The lowest BCUT2D eigenvalue weighted by atomic mass is 9.89. The molecule has 0 spiro atoms. The number of amides is 1. The SMILES string of the molecule is N[N+]12C=CN=CC1=C([C@H]1CC[C@@H]3COCCN3C1)N=C2c1ccc(C(=O)Nc2cc(C(F)(F)F)ccn2)cc1. The monoisotopic (exact) mass is 538 g/mol. The number of benzene rings is 1. The van der Waals surface area contributed by atoms with Gasteiger partial charge in [0.1, 0.15) is 17.7 Å². The average Bonchev–Trinajstić information content (AvgIpc) is 3.25. The van der Waals surface area contributed by atoms with Gasteiger partial charge < -0.3 is 10.1 Å². The summed E-state index contributed by atoms with van der Waals surface area (Å²) < 4.78 is 44.5. The van der Waals surface area contributed by atoms with Crippen molar-refractivity contribution in [1.82, 2.24) is 9.88 Å². The molecule has 0 bridgehead atoms. The van der Waals surface area contributed by atoms with Crippen molar-refractivity contribution in [3.63, 3.8) is 0 Å². The number of aliphatic imine (C=N–C) groups is 2. The second kappa shape index (κ2) is 9.79. The Morgan fingerprint density at radius 3 is 2.79 bits per heavy atom. The Morgan fingerprint density at radius 2 is 2.00 bits per heavy atom. The zero-order valence-electron chi connectivity index (χ0n) is 20.9. The van der Waals surface area contributed by atoms with Gasteiger partial charge in [-0.3, -0.25) is 14.7 Å². The molecule has 0 saturated carbocycles. The minimum absolute atomic E-state index is 0.123. The molecule has 4 aliphatic heterocycles. The summed E-state index contributed by atoms with van der Waals surface area (Å²) in [5.41, 5.74) is 1.83. The first-order chi connectivity index (χ1) is 18.7. The minimum atomic E-state index is -4.53. The number of piperidine rings is 1. The van der Waals surface area contributed by atoms with Crippen molar-refractivity contribution < 1.29 is 27.3 Å². The number of carbonyl (C=O) groups excluding carboxylic acids is 1. The number of halogens is 3. The van der Waals surface area contributed by atoms with Crippen LogP contribution in [0.25, 0.3) is 0 Å². The number of quaternary nitrogens is 1. The Bertz CT molecular complexity index is 1420. The van der Waals surface area contributed by atoms with Crippen LogP contribution >= 0.6 is 0 Å². The molecule has 2 fully saturated rings. The number of aromatic nitrogens is 1. The van der Waals surface area contributed by atoms with Crippen LogP contribution in [0, 0.1) is 5.92 Å². The lowest BCUT2D eigenvalue weighted by Gasteiger charge is -2.42. The summed E-state index contributed by atoms with van der Waals surface area (Å²) >= 11 is 0. The lowest BCUT2D eigenvalue weighted by molar-refractivity contribution is -0.750. The maximum absolute atomic E-state index is 13.0. The van der Waals surface area contributed by atoms with Gasteiger partial charge in [0.15, 0.2) is 0 Å². The van der Waals surface area contributed by atoms with E-state index in [1.807, 2.05) is 0 Å². The molecule has 6 rings (SSSR count). The summed E-state index contributed by atoms with van der Waals surface area (Å²) in [6.07, 6.45) is 3.66. The molecule has 1 aromatic carbocycles. The number of carbonyl (C=O) groups is 1. The molecule has 9 nitrogen and oxygen atoms in total. The molecule has 0 radical (unpaired) electrons. The van der Waals surface area contributed by atoms with Crippen molar-refractivity contribution >= 4 is 23.8 Å². The number of hydrogen-bond donors (Lipinski definition) is 2. The number of nitrogens with two attached hydrogens (primary N) is 1. The number of rotatable bonds is 4. The number of nitrogens with one attached hydrogen (secondary N) is 1. The van der Waals surface area contributed by atoms with E-state index in [9.17, 15) is 18.0 Å². The third-order valence-corrected chi connectivity index (χ3v) is 7.60. The maximum Gasteiger partial charge on any atom is 0.416 e. The van der Waals surface area contributed by atoms with Crippen molar-refractivity contribution in [2.75, 3.05) is 31.6 Å². The number of amidine groups is 1. The normalized spacial score (nSPS) is 26.7. The number of alkyl halides is 3. The fraction of sp³-hybridized carbons (Fsp3) is 0.333. The molecule has 4 aliphatic rings. The second-order valence-electron chi connectivity index (χ2n) is 10.0. The second-order valence-corrected chi connectivity index (χ2v) is 10.0. The summed E-state index contributed by atoms with van der Waals surface area (Å²) in [7, 11) is 0. The van der Waals surface area contributed by atoms with Gasteiger partial charge in [-0.2, -0.15) is 24.0 Å². The van der Waals surface area contributed by atoms with Crippen LogP contribution in [-0.4, -0.2) is 64.8 Å². The van der Waals surface area contributed by atoms with Gasteiger partial charge in [0, 0.05) is 36.8 Å². The highest BCUT2D eigenvalue weighted by Gasteiger charge is 2.47. The topological polar surface area (TPSA) is 105 Å². The Labute approximate surface area is 222 Å². The van der Waals surface area contributed by atoms with Crippen LogP contribution in [-0.2, 0) is 10.9 Å². The van der Waals surface area contributed by atoms with Crippen molar-refractivity contribution in [3.8, 4) is 0 Å². The number of pyridine rings is 1. The lowest BCUT2D eigenvalue weighted by Crippen LogP contribution is -2.53. The fourth-order valence-corrected chi connectivity index (χ4v) is 5.53. The predicted molar refractivity (Wildman–Crippen MR) is 138 cm³/mol. The third kappa shape index (κ3) is 4.80. The molecule has 202 valence electrons. The summed E-state index contributed by atoms with van der Waals surface area (Å²) in [6.45, 7) is 3.27. The van der Waals surface area contributed by atoms with Gasteiger partial charge in [0.25, 0.3) is 11.7 Å². The zero-order chi connectivity index (χ0) is 27.2. The van der Waals surface area contributed by atoms with E-state index in [2.05, 4.69) is 20.2 Å². The molecule has 2 aromatic rings. The first-order valence-corrected chi connectivity index (χ1v) is 12.7. The largest absolute Gasteiger partial charge is 0.416 e. The molecule has 39 heavy (non-hydrogen) atoms. The highest BCUT2D eigenvalue weighted by molar-refractivity contribution is 6.05. The van der Waals surface area contributed by atoms with Crippen LogP contribution in [0.2, 0.25) is 0 Å². The summed E-state index contributed by atoms with van der Waals surface area (Å²) in [5.74, 6) is 6.93. The van der Waals surface area contributed by atoms with Crippen LogP contribution < -0.4 is 11.2 Å². The summed E-state index contributed by atoms with van der Waals surface area (Å²) in [4.78, 5) is 28.4. The molecule has 3 N–H and O–H groups in total. The molecule has 1 aromatic heterocycles. The zero-order valence-corrected chi connectivity index (χ0v) is 20.9. The van der Waals surface area contributed by atoms with E-state index >= 15 is 0 Å². The number of allylic oxidation sites excluding steroid dienone is 1. The summed E-state index contributed by atoms with van der Waals surface area (Å²) in [6, 6.07) is 8.73. The van der Waals surface area contributed by atoms with Crippen LogP contribution in [0.5, 0.6) is 0 Å². The number of nitrogens with zero attached hydrogens (tertiary/aromatic N) is 5. The standard InChI is InChI=1S/C27H26F3N7O2/c28-27(29,30)20-7-8-33-23(13-20)34-26(38)18-3-1-17(2-4-18)25-35-24(22-14-32-9-11-37(22,25)31)19-5-6-21-16-39-12-10-36(21)15-19/h1-4,7-9,11,13-14,19,21H,5-6,10,12,15-16,31H2/p+1/t19-,21+,37?/m0/s1. The first kappa shape index (κ1) is 25.6. The van der Waals surface area contributed by atoms with Gasteiger partial charge in [-0.05, 0) is 49.2 Å². The van der Waals surface area contributed by atoms with Crippen molar-refractivity contribution in [2.24, 2.45) is 21.7 Å². The molecule has 3 atom stereocenters. The van der Waals surface area contributed by atoms with Crippen LogP contribution in [0.3, 0.4) is 0 Å². The molecule has 2 saturated heterocycles. The van der Waals surface area contributed by atoms with Crippen LogP contribution in [0.1, 0.15) is 34.3 Å². The third-order valence-electron chi connectivity index (χ3n) is 7.60. The van der Waals surface area contributed by atoms with Gasteiger partial charge in [-0.1, -0.05) is 0 Å². The van der Waals surface area contributed by atoms with Gasteiger partial charge in [-0.15, -0.1) is 4.59 Å². The van der Waals surface area contributed by atoms with Crippen molar-refractivity contribution in [2.45, 2.75) is 25.1 Å². The number of fused-ring (bicyclic) bond motifs is 2.